The Bertz CT molecular complexity index is 443. The lowest BCUT2D eigenvalue weighted by Gasteiger charge is -2.32. The number of hydrogen-bond acceptors (Lipinski definition) is 7. The summed E-state index contributed by atoms with van der Waals surface area (Å²) in [4.78, 5) is 12.8. The van der Waals surface area contributed by atoms with E-state index >= 15 is 0 Å². The smallest absolute Gasteiger partial charge is 0.118 e. The molecule has 0 spiro atoms. The van der Waals surface area contributed by atoms with Crippen LogP contribution in [0.2, 0.25) is 0 Å². The highest BCUT2D eigenvalue weighted by molar-refractivity contribution is 5.97. The molecule has 0 aliphatic carbocycles. The summed E-state index contributed by atoms with van der Waals surface area (Å²) in [6, 6.07) is 4.20. The molecule has 0 radical (unpaired) electrons. The Balaban J connectivity index is 2.48. The van der Waals surface area contributed by atoms with Crippen LogP contribution in [0.4, 0.5) is 11.4 Å². The number of ether oxygens (including phenoxy) is 1. The molecule has 1 fully saturated rings. The summed E-state index contributed by atoms with van der Waals surface area (Å²) in [5.74, 6) is -1.36. The van der Waals surface area contributed by atoms with Crippen LogP contribution in [0, 0.1) is 0 Å². The average Bonchev–Trinajstić information content (AvgIpc) is 2.38. The summed E-state index contributed by atoms with van der Waals surface area (Å²) < 4.78 is 5.18. The third-order valence-electron chi connectivity index (χ3n) is 2.78. The van der Waals surface area contributed by atoms with Gasteiger partial charge in [-0.3, -0.25) is 10.4 Å². The number of anilines is 2. The maximum Gasteiger partial charge on any atom is 0.118 e. The summed E-state index contributed by atoms with van der Waals surface area (Å²) in [5, 5.41) is 29.3. The van der Waals surface area contributed by atoms with Gasteiger partial charge >= 0.3 is 0 Å². The predicted molar refractivity (Wildman–Crippen MR) is 59.9 cm³/mol. The van der Waals surface area contributed by atoms with Crippen LogP contribution in [0.1, 0.15) is 10.4 Å². The van der Waals surface area contributed by atoms with Gasteiger partial charge in [0.1, 0.15) is 5.69 Å². The molecule has 1 saturated heterocycles. The minimum atomic E-state index is -1.36. The van der Waals surface area contributed by atoms with Crippen molar-refractivity contribution in [2.75, 3.05) is 36.4 Å². The van der Waals surface area contributed by atoms with Crippen LogP contribution >= 0.6 is 0 Å². The van der Waals surface area contributed by atoms with Gasteiger partial charge in [0, 0.05) is 18.7 Å². The lowest BCUT2D eigenvalue weighted by atomic mass is 10.1. The van der Waals surface area contributed by atoms with Crippen LogP contribution in [0.5, 0.6) is 0 Å². The van der Waals surface area contributed by atoms with Crippen LogP contribution in [0.3, 0.4) is 0 Å². The summed E-state index contributed by atoms with van der Waals surface area (Å²) in [5.41, 5.74) is 0.145. The minimum absolute atomic E-state index is 0.00130. The maximum atomic E-state index is 11.1. The predicted octanol–water partition coefficient (Wildman–Crippen LogP) is -0.528. The van der Waals surface area contributed by atoms with E-state index in [1.807, 2.05) is 0 Å². The van der Waals surface area contributed by atoms with Gasteiger partial charge in [-0.15, -0.1) is 5.23 Å². The first-order valence-electron chi connectivity index (χ1n) is 5.46. The minimum Gasteiger partial charge on any atom is -0.545 e. The molecule has 0 atom stereocenters. The van der Waals surface area contributed by atoms with Crippen molar-refractivity contribution in [3.05, 3.63) is 23.8 Å². The third-order valence-corrected chi connectivity index (χ3v) is 2.78. The van der Waals surface area contributed by atoms with Crippen LogP contribution in [-0.2, 0) is 4.74 Å². The molecule has 0 aromatic heterocycles. The number of rotatable bonds is 3. The Morgan fingerprint density at radius 3 is 2.56 bits per heavy atom. The van der Waals surface area contributed by atoms with E-state index in [-0.39, 0.29) is 22.2 Å². The fraction of sp³-hybridized carbons (Fsp3) is 0.364. The summed E-state index contributed by atoms with van der Waals surface area (Å²) >= 11 is 0. The Hall–Kier alpha value is -1.83. The van der Waals surface area contributed by atoms with E-state index in [1.165, 1.54) is 18.2 Å². The van der Waals surface area contributed by atoms with Gasteiger partial charge in [0.05, 0.1) is 24.9 Å². The van der Waals surface area contributed by atoms with Crippen LogP contribution in [0.25, 0.3) is 0 Å². The summed E-state index contributed by atoms with van der Waals surface area (Å²) in [6.07, 6.45) is 0. The number of hydrogen-bond donors (Lipinski definition) is 2. The summed E-state index contributed by atoms with van der Waals surface area (Å²) in [6.45, 7) is 1.87. The van der Waals surface area contributed by atoms with Crippen LogP contribution in [-0.4, -0.2) is 42.7 Å². The Morgan fingerprint density at radius 2 is 2.00 bits per heavy atom. The van der Waals surface area contributed by atoms with Crippen molar-refractivity contribution in [3.63, 3.8) is 0 Å². The molecule has 7 heteroatoms. The zero-order chi connectivity index (χ0) is 13.1. The van der Waals surface area contributed by atoms with Gasteiger partial charge in [0.15, 0.2) is 0 Å². The van der Waals surface area contributed by atoms with E-state index in [2.05, 4.69) is 0 Å². The SMILES string of the molecule is O=C([O-])c1cccc(N(O)O)c1N1CCOCC1. The maximum absolute atomic E-state index is 11.1. The second-order valence-corrected chi connectivity index (χ2v) is 3.85. The second-order valence-electron chi connectivity index (χ2n) is 3.85. The van der Waals surface area contributed by atoms with Crippen molar-refractivity contribution in [1.82, 2.24) is 0 Å². The molecule has 0 bridgehead atoms. The molecule has 1 heterocycles. The molecular formula is C11H13N2O5-. The summed E-state index contributed by atoms with van der Waals surface area (Å²) in [7, 11) is 0. The normalized spacial score (nSPS) is 15.6. The third kappa shape index (κ3) is 2.37. The van der Waals surface area contributed by atoms with E-state index in [0.29, 0.717) is 26.3 Å². The largest absolute Gasteiger partial charge is 0.545 e. The number of para-hydroxylation sites is 1. The van der Waals surface area contributed by atoms with Gasteiger partial charge in [0.2, 0.25) is 0 Å². The van der Waals surface area contributed by atoms with Crippen molar-refractivity contribution >= 4 is 17.3 Å². The fourth-order valence-corrected chi connectivity index (χ4v) is 1.98. The van der Waals surface area contributed by atoms with Crippen LogP contribution in [0.15, 0.2) is 18.2 Å². The Kier molecular flexibility index (Phi) is 3.66. The number of morpholine rings is 1. The zero-order valence-electron chi connectivity index (χ0n) is 9.57. The standard InChI is InChI=1S/C11H14N2O5/c14-11(15)8-2-1-3-9(13(16)17)10(8)12-4-6-18-7-5-12/h1-3,16-17H,4-7H2,(H,14,15)/p-1. The number of benzene rings is 1. The lowest BCUT2D eigenvalue weighted by Crippen LogP contribution is -2.39. The number of carbonyl (C=O) groups excluding carboxylic acids is 1. The zero-order valence-corrected chi connectivity index (χ0v) is 9.57. The second kappa shape index (κ2) is 5.21. The molecule has 2 rings (SSSR count). The van der Waals surface area contributed by atoms with Gasteiger partial charge in [-0.05, 0) is 6.07 Å². The number of carboxylic acid groups (broad SMARTS) is 1. The lowest BCUT2D eigenvalue weighted by molar-refractivity contribution is -0.254. The molecule has 1 aliphatic rings. The van der Waals surface area contributed by atoms with Crippen LogP contribution < -0.4 is 15.2 Å². The van der Waals surface area contributed by atoms with Crippen molar-refractivity contribution in [1.29, 1.82) is 0 Å². The van der Waals surface area contributed by atoms with E-state index < -0.39 is 5.97 Å². The molecule has 0 saturated carbocycles. The first kappa shape index (κ1) is 12.6. The van der Waals surface area contributed by atoms with E-state index in [1.54, 1.807) is 4.90 Å². The highest BCUT2D eigenvalue weighted by Gasteiger charge is 2.21. The molecule has 2 N–H and O–H groups in total. The highest BCUT2D eigenvalue weighted by Crippen LogP contribution is 2.32. The van der Waals surface area contributed by atoms with Gasteiger partial charge < -0.3 is 19.5 Å². The monoisotopic (exact) mass is 253 g/mol. The van der Waals surface area contributed by atoms with Crippen molar-refractivity contribution in [2.45, 2.75) is 0 Å². The Morgan fingerprint density at radius 1 is 1.33 bits per heavy atom. The van der Waals surface area contributed by atoms with Crippen molar-refractivity contribution in [2.24, 2.45) is 0 Å². The first-order chi connectivity index (χ1) is 8.61. The number of aromatic carboxylic acids is 1. The molecular weight excluding hydrogens is 240 g/mol. The molecule has 1 aromatic carbocycles. The number of carbonyl (C=O) groups is 1. The van der Waals surface area contributed by atoms with E-state index in [0.717, 1.165) is 0 Å². The number of carboxylic acids is 1. The fourth-order valence-electron chi connectivity index (χ4n) is 1.98. The first-order valence-corrected chi connectivity index (χ1v) is 5.46. The number of nitrogens with zero attached hydrogens (tertiary/aromatic N) is 2. The molecule has 7 nitrogen and oxygen atoms in total. The molecule has 0 amide bonds. The van der Waals surface area contributed by atoms with Gasteiger partial charge in [-0.1, -0.05) is 12.1 Å². The van der Waals surface area contributed by atoms with E-state index in [4.69, 9.17) is 15.2 Å². The molecule has 1 aliphatic heterocycles. The molecule has 18 heavy (non-hydrogen) atoms. The molecule has 98 valence electrons. The topological polar surface area (TPSA) is 96.3 Å². The molecule has 0 unspecified atom stereocenters. The van der Waals surface area contributed by atoms with Crippen molar-refractivity contribution in [3.8, 4) is 0 Å². The van der Waals surface area contributed by atoms with Gasteiger partial charge in [-0.25, -0.2) is 0 Å². The quantitative estimate of drug-likeness (QED) is 0.699. The highest BCUT2D eigenvalue weighted by atomic mass is 16.8. The molecule has 1 aromatic rings. The van der Waals surface area contributed by atoms with E-state index in [9.17, 15) is 9.90 Å². The van der Waals surface area contributed by atoms with Crippen molar-refractivity contribution < 1.29 is 25.1 Å². The Labute approximate surface area is 103 Å². The average molecular weight is 253 g/mol. The van der Waals surface area contributed by atoms with Gasteiger partial charge in [0.25, 0.3) is 0 Å². The van der Waals surface area contributed by atoms with Gasteiger partial charge in [-0.2, -0.15) is 0 Å².